The second-order valence-electron chi connectivity index (χ2n) is 4.13. The molecule has 0 saturated carbocycles. The van der Waals surface area contributed by atoms with Crippen LogP contribution in [0.15, 0.2) is 12.4 Å². The van der Waals surface area contributed by atoms with Crippen LogP contribution in [0.5, 0.6) is 0 Å². The van der Waals surface area contributed by atoms with Gasteiger partial charge in [0.1, 0.15) is 5.82 Å². The monoisotopic (exact) mass is 231 g/mol. The summed E-state index contributed by atoms with van der Waals surface area (Å²) < 4.78 is 2.00. The molecule has 0 aromatic carbocycles. The molecule has 17 heavy (non-hydrogen) atoms. The Kier molecular flexibility index (Phi) is 3.08. The van der Waals surface area contributed by atoms with Gasteiger partial charge in [0.2, 0.25) is 0 Å². The highest BCUT2D eigenvalue weighted by molar-refractivity contribution is 5.47. The molecule has 2 aromatic heterocycles. The fourth-order valence-corrected chi connectivity index (χ4v) is 1.78. The Labute approximate surface area is 101 Å². The van der Waals surface area contributed by atoms with E-state index in [0.717, 1.165) is 22.9 Å². The maximum absolute atomic E-state index is 4.30. The quantitative estimate of drug-likeness (QED) is 0.869. The van der Waals surface area contributed by atoms with Crippen molar-refractivity contribution in [2.24, 2.45) is 7.05 Å². The summed E-state index contributed by atoms with van der Waals surface area (Å²) >= 11 is 0. The summed E-state index contributed by atoms with van der Waals surface area (Å²) in [6.07, 6.45) is 4.45. The van der Waals surface area contributed by atoms with Gasteiger partial charge in [0, 0.05) is 26.5 Å². The predicted molar refractivity (Wildman–Crippen MR) is 67.1 cm³/mol. The van der Waals surface area contributed by atoms with Crippen molar-refractivity contribution in [3.63, 3.8) is 0 Å². The lowest BCUT2D eigenvalue weighted by Crippen LogP contribution is -2.08. The van der Waals surface area contributed by atoms with Gasteiger partial charge in [0.15, 0.2) is 5.82 Å². The van der Waals surface area contributed by atoms with Crippen LogP contribution in [0.1, 0.15) is 22.6 Å². The summed E-state index contributed by atoms with van der Waals surface area (Å²) in [5.41, 5.74) is 3.30. The van der Waals surface area contributed by atoms with Gasteiger partial charge in [-0.15, -0.1) is 5.10 Å². The van der Waals surface area contributed by atoms with Crippen molar-refractivity contribution in [1.82, 2.24) is 19.7 Å². The van der Waals surface area contributed by atoms with E-state index in [-0.39, 0.29) is 0 Å². The van der Waals surface area contributed by atoms with E-state index in [1.54, 1.807) is 6.20 Å². The lowest BCUT2D eigenvalue weighted by molar-refractivity contribution is 0.792. The molecular formula is C12H17N5. The molecule has 1 N–H and O–H groups in total. The Morgan fingerprint density at radius 1 is 1.24 bits per heavy atom. The van der Waals surface area contributed by atoms with Crippen LogP contribution in [0.3, 0.4) is 0 Å². The van der Waals surface area contributed by atoms with Crippen molar-refractivity contribution in [3.05, 3.63) is 35.0 Å². The number of aryl methyl sites for hydroxylation is 1. The highest BCUT2D eigenvalue weighted by Gasteiger charge is 2.11. The van der Waals surface area contributed by atoms with Gasteiger partial charge in [0.05, 0.1) is 12.1 Å². The third-order valence-corrected chi connectivity index (χ3v) is 3.10. The highest BCUT2D eigenvalue weighted by atomic mass is 15.2. The van der Waals surface area contributed by atoms with Crippen LogP contribution in [-0.2, 0) is 13.5 Å². The van der Waals surface area contributed by atoms with Gasteiger partial charge in [-0.2, -0.15) is 5.10 Å². The Morgan fingerprint density at radius 3 is 2.59 bits per heavy atom. The number of nitrogens with one attached hydrogen (secondary N) is 1. The molecule has 2 heterocycles. The topological polar surface area (TPSA) is 55.6 Å². The molecule has 0 saturated heterocycles. The average molecular weight is 231 g/mol. The van der Waals surface area contributed by atoms with Crippen LogP contribution < -0.4 is 5.32 Å². The lowest BCUT2D eigenvalue weighted by atomic mass is 10.1. The van der Waals surface area contributed by atoms with E-state index in [1.165, 1.54) is 5.56 Å². The standard InChI is InChI=1S/C12H17N5/c1-8-9(2)12(13-3)16-15-10(8)7-11-14-5-6-17(11)4/h5-6H,7H2,1-4H3,(H,13,16). The Hall–Kier alpha value is -1.91. The fraction of sp³-hybridized carbons (Fsp3) is 0.417. The fourth-order valence-electron chi connectivity index (χ4n) is 1.78. The lowest BCUT2D eigenvalue weighted by Gasteiger charge is -2.10. The Morgan fingerprint density at radius 2 is 2.00 bits per heavy atom. The van der Waals surface area contributed by atoms with E-state index in [4.69, 9.17) is 0 Å². The summed E-state index contributed by atoms with van der Waals surface area (Å²) in [6, 6.07) is 0. The number of hydrogen-bond acceptors (Lipinski definition) is 4. The first-order valence-electron chi connectivity index (χ1n) is 5.60. The molecule has 5 heteroatoms. The number of anilines is 1. The first kappa shape index (κ1) is 11.6. The first-order valence-corrected chi connectivity index (χ1v) is 5.60. The summed E-state index contributed by atoms with van der Waals surface area (Å²) in [7, 11) is 3.84. The van der Waals surface area contributed by atoms with E-state index in [9.17, 15) is 0 Å². The molecule has 90 valence electrons. The molecule has 0 unspecified atom stereocenters. The van der Waals surface area contributed by atoms with Gasteiger partial charge in [-0.25, -0.2) is 4.98 Å². The predicted octanol–water partition coefficient (Wildman–Crippen LogP) is 1.46. The van der Waals surface area contributed by atoms with E-state index < -0.39 is 0 Å². The number of nitrogens with zero attached hydrogens (tertiary/aromatic N) is 4. The largest absolute Gasteiger partial charge is 0.371 e. The zero-order valence-corrected chi connectivity index (χ0v) is 10.7. The normalized spacial score (nSPS) is 10.6. The minimum absolute atomic E-state index is 0.715. The zero-order valence-electron chi connectivity index (χ0n) is 10.7. The average Bonchev–Trinajstić information content (AvgIpc) is 2.71. The molecule has 0 bridgehead atoms. The van der Waals surface area contributed by atoms with Crippen LogP contribution in [0.25, 0.3) is 0 Å². The molecule has 0 fully saturated rings. The molecule has 2 aromatic rings. The second kappa shape index (κ2) is 4.53. The number of hydrogen-bond donors (Lipinski definition) is 1. The summed E-state index contributed by atoms with van der Waals surface area (Å²) in [6.45, 7) is 4.13. The van der Waals surface area contributed by atoms with Crippen molar-refractivity contribution in [2.75, 3.05) is 12.4 Å². The van der Waals surface area contributed by atoms with Crippen molar-refractivity contribution < 1.29 is 0 Å². The van der Waals surface area contributed by atoms with Crippen molar-refractivity contribution >= 4 is 5.82 Å². The first-order chi connectivity index (χ1) is 8.13. The van der Waals surface area contributed by atoms with Crippen LogP contribution in [-0.4, -0.2) is 26.8 Å². The molecule has 0 spiro atoms. The Bertz CT molecular complexity index is 530. The van der Waals surface area contributed by atoms with Crippen molar-refractivity contribution in [2.45, 2.75) is 20.3 Å². The third kappa shape index (κ3) is 2.13. The van der Waals surface area contributed by atoms with Crippen LogP contribution in [0.2, 0.25) is 0 Å². The smallest absolute Gasteiger partial charge is 0.151 e. The Balaban J connectivity index is 2.35. The van der Waals surface area contributed by atoms with Gasteiger partial charge in [0.25, 0.3) is 0 Å². The van der Waals surface area contributed by atoms with E-state index in [2.05, 4.69) is 34.3 Å². The molecule has 0 radical (unpaired) electrons. The molecule has 0 aliphatic heterocycles. The van der Waals surface area contributed by atoms with E-state index >= 15 is 0 Å². The van der Waals surface area contributed by atoms with Gasteiger partial charge < -0.3 is 9.88 Å². The summed E-state index contributed by atoms with van der Waals surface area (Å²) in [5, 5.41) is 11.5. The minimum atomic E-state index is 0.715. The van der Waals surface area contributed by atoms with Gasteiger partial charge >= 0.3 is 0 Å². The van der Waals surface area contributed by atoms with Crippen LogP contribution in [0, 0.1) is 13.8 Å². The molecule has 0 amide bonds. The molecule has 0 aliphatic carbocycles. The SMILES string of the molecule is CNc1nnc(Cc2nccn2C)c(C)c1C. The van der Waals surface area contributed by atoms with Gasteiger partial charge in [-0.1, -0.05) is 0 Å². The minimum Gasteiger partial charge on any atom is -0.371 e. The molecule has 5 nitrogen and oxygen atoms in total. The molecule has 0 aliphatic rings. The van der Waals surface area contributed by atoms with E-state index in [1.807, 2.05) is 24.9 Å². The van der Waals surface area contributed by atoms with Crippen molar-refractivity contribution in [3.8, 4) is 0 Å². The van der Waals surface area contributed by atoms with Gasteiger partial charge in [-0.3, -0.25) is 0 Å². The van der Waals surface area contributed by atoms with Crippen LogP contribution in [0.4, 0.5) is 5.82 Å². The molecule has 2 rings (SSSR count). The number of rotatable bonds is 3. The van der Waals surface area contributed by atoms with Crippen LogP contribution >= 0.6 is 0 Å². The third-order valence-electron chi connectivity index (χ3n) is 3.10. The number of aromatic nitrogens is 4. The molecular weight excluding hydrogens is 214 g/mol. The zero-order chi connectivity index (χ0) is 12.4. The molecule has 0 atom stereocenters. The van der Waals surface area contributed by atoms with Gasteiger partial charge in [-0.05, 0) is 25.0 Å². The summed E-state index contributed by atoms with van der Waals surface area (Å²) in [5.74, 6) is 1.84. The highest BCUT2D eigenvalue weighted by Crippen LogP contribution is 2.18. The van der Waals surface area contributed by atoms with E-state index in [0.29, 0.717) is 6.42 Å². The second-order valence-corrected chi connectivity index (χ2v) is 4.13. The number of imidazole rings is 1. The van der Waals surface area contributed by atoms with Crippen molar-refractivity contribution in [1.29, 1.82) is 0 Å². The summed E-state index contributed by atoms with van der Waals surface area (Å²) in [4.78, 5) is 4.30. The maximum atomic E-state index is 4.30. The maximum Gasteiger partial charge on any atom is 0.151 e.